The van der Waals surface area contributed by atoms with Crippen molar-refractivity contribution in [3.05, 3.63) is 84.5 Å². The number of nitrogens with zero attached hydrogens (tertiary/aromatic N) is 1. The van der Waals surface area contributed by atoms with Gasteiger partial charge in [-0.3, -0.25) is 0 Å². The van der Waals surface area contributed by atoms with Crippen LogP contribution in [0.5, 0.6) is 0 Å². The van der Waals surface area contributed by atoms with Crippen molar-refractivity contribution < 1.29 is 0 Å². The Morgan fingerprint density at radius 2 is 1.55 bits per heavy atom. The van der Waals surface area contributed by atoms with E-state index >= 15 is 0 Å². The molecule has 0 N–H and O–H groups in total. The molecule has 1 atom stereocenters. The van der Waals surface area contributed by atoms with E-state index in [9.17, 15) is 0 Å². The van der Waals surface area contributed by atoms with Crippen LogP contribution in [-0.2, 0) is 0 Å². The zero-order valence-electron chi connectivity index (χ0n) is 13.3. The number of anilines is 2. The number of benzene rings is 2. The highest BCUT2D eigenvalue weighted by atomic mass is 15.2. The third-order valence-electron chi connectivity index (χ3n) is 4.16. The Bertz CT molecular complexity index is 650. The number of rotatable bonds is 4. The molecule has 3 rings (SSSR count). The van der Waals surface area contributed by atoms with Crippen LogP contribution in [0.4, 0.5) is 11.4 Å². The summed E-state index contributed by atoms with van der Waals surface area (Å²) in [7, 11) is 0. The number of allylic oxidation sites excluding steroid dienone is 2. The zero-order chi connectivity index (χ0) is 15.4. The van der Waals surface area contributed by atoms with Crippen LogP contribution < -0.4 is 4.90 Å². The second-order valence-corrected chi connectivity index (χ2v) is 6.07. The fourth-order valence-electron chi connectivity index (χ4n) is 2.90. The average molecular weight is 289 g/mol. The molecular formula is C21H23N. The summed E-state index contributed by atoms with van der Waals surface area (Å²) in [6, 6.07) is 20.0. The fraction of sp³-hybridized carbons (Fsp3) is 0.238. The van der Waals surface area contributed by atoms with Gasteiger partial charge in [0, 0.05) is 11.4 Å². The molecule has 0 aliphatic heterocycles. The first-order valence-electron chi connectivity index (χ1n) is 8.03. The van der Waals surface area contributed by atoms with E-state index < -0.39 is 0 Å². The first-order valence-corrected chi connectivity index (χ1v) is 8.03. The van der Waals surface area contributed by atoms with Crippen LogP contribution in [-0.4, -0.2) is 6.04 Å². The van der Waals surface area contributed by atoms with Gasteiger partial charge in [-0.25, -0.2) is 0 Å². The van der Waals surface area contributed by atoms with Crippen LogP contribution in [0.25, 0.3) is 0 Å². The highest BCUT2D eigenvalue weighted by Crippen LogP contribution is 2.31. The fourth-order valence-corrected chi connectivity index (χ4v) is 2.90. The van der Waals surface area contributed by atoms with E-state index in [1.165, 1.54) is 16.9 Å². The Morgan fingerprint density at radius 1 is 0.864 bits per heavy atom. The topological polar surface area (TPSA) is 3.24 Å². The molecule has 1 aliphatic rings. The summed E-state index contributed by atoms with van der Waals surface area (Å²) in [4.78, 5) is 2.42. The second-order valence-electron chi connectivity index (χ2n) is 6.07. The summed E-state index contributed by atoms with van der Waals surface area (Å²) in [5.74, 6) is 0.566. The van der Waals surface area contributed by atoms with Crippen molar-refractivity contribution in [3.63, 3.8) is 0 Å². The minimum atomic E-state index is 0.372. The molecule has 0 spiro atoms. The Hall–Kier alpha value is -2.28. The van der Waals surface area contributed by atoms with Crippen molar-refractivity contribution in [2.45, 2.75) is 32.2 Å². The molecule has 2 aromatic carbocycles. The van der Waals surface area contributed by atoms with Gasteiger partial charge in [-0.1, -0.05) is 68.5 Å². The van der Waals surface area contributed by atoms with Crippen molar-refractivity contribution in [3.8, 4) is 0 Å². The first-order chi connectivity index (χ1) is 10.8. The molecule has 1 heteroatoms. The zero-order valence-corrected chi connectivity index (χ0v) is 13.3. The number of para-hydroxylation sites is 1. The summed E-state index contributed by atoms with van der Waals surface area (Å²) in [5, 5.41) is 0. The maximum atomic E-state index is 2.42. The van der Waals surface area contributed by atoms with E-state index in [-0.39, 0.29) is 0 Å². The monoisotopic (exact) mass is 289 g/mol. The predicted octanol–water partition coefficient (Wildman–Crippen LogP) is 5.83. The molecule has 0 aromatic heterocycles. The van der Waals surface area contributed by atoms with E-state index in [2.05, 4.69) is 97.6 Å². The van der Waals surface area contributed by atoms with Crippen LogP contribution in [0.3, 0.4) is 0 Å². The standard InChI is InChI=1S/C21H23N/c1-17(2)18-13-15-21(16-14-18)22(19-9-5-3-6-10-19)20-11-7-4-8-12-20/h3-11,13-17,20H,12H2,1-2H3. The molecule has 1 unspecified atom stereocenters. The molecule has 0 amide bonds. The Morgan fingerprint density at radius 3 is 2.14 bits per heavy atom. The molecule has 0 fully saturated rings. The molecule has 2 aromatic rings. The van der Waals surface area contributed by atoms with E-state index in [1.54, 1.807) is 0 Å². The molecular weight excluding hydrogens is 266 g/mol. The van der Waals surface area contributed by atoms with Gasteiger partial charge in [-0.2, -0.15) is 0 Å². The maximum Gasteiger partial charge on any atom is 0.0559 e. The highest BCUT2D eigenvalue weighted by Gasteiger charge is 2.18. The molecule has 1 nitrogen and oxygen atoms in total. The van der Waals surface area contributed by atoms with Crippen LogP contribution >= 0.6 is 0 Å². The van der Waals surface area contributed by atoms with Gasteiger partial charge in [0.15, 0.2) is 0 Å². The highest BCUT2D eigenvalue weighted by molar-refractivity contribution is 5.65. The largest absolute Gasteiger partial charge is 0.334 e. The van der Waals surface area contributed by atoms with Gasteiger partial charge in [0.2, 0.25) is 0 Å². The lowest BCUT2D eigenvalue weighted by Crippen LogP contribution is -2.29. The first kappa shape index (κ1) is 14.6. The van der Waals surface area contributed by atoms with Crippen LogP contribution in [0, 0.1) is 0 Å². The molecule has 0 saturated heterocycles. The van der Waals surface area contributed by atoms with Crippen molar-refractivity contribution >= 4 is 11.4 Å². The van der Waals surface area contributed by atoms with Crippen molar-refractivity contribution in [1.29, 1.82) is 0 Å². The lowest BCUT2D eigenvalue weighted by molar-refractivity contribution is 0.784. The predicted molar refractivity (Wildman–Crippen MR) is 95.8 cm³/mol. The lowest BCUT2D eigenvalue weighted by Gasteiger charge is -2.32. The van der Waals surface area contributed by atoms with Gasteiger partial charge in [0.05, 0.1) is 6.04 Å². The van der Waals surface area contributed by atoms with E-state index in [0.717, 1.165) is 6.42 Å². The van der Waals surface area contributed by atoms with Crippen molar-refractivity contribution in [2.75, 3.05) is 4.90 Å². The number of hydrogen-bond donors (Lipinski definition) is 0. The van der Waals surface area contributed by atoms with Crippen LogP contribution in [0.15, 0.2) is 78.9 Å². The summed E-state index contributed by atoms with van der Waals surface area (Å²) >= 11 is 0. The molecule has 112 valence electrons. The van der Waals surface area contributed by atoms with E-state index in [1.807, 2.05) is 0 Å². The number of hydrogen-bond acceptors (Lipinski definition) is 1. The normalized spacial score (nSPS) is 17.0. The summed E-state index contributed by atoms with van der Waals surface area (Å²) in [6.45, 7) is 4.47. The minimum absolute atomic E-state index is 0.372. The van der Waals surface area contributed by atoms with Crippen molar-refractivity contribution in [1.82, 2.24) is 0 Å². The van der Waals surface area contributed by atoms with Gasteiger partial charge in [0.25, 0.3) is 0 Å². The summed E-state index contributed by atoms with van der Waals surface area (Å²) in [5.41, 5.74) is 3.88. The summed E-state index contributed by atoms with van der Waals surface area (Å²) in [6.07, 6.45) is 9.83. The Labute approximate surface area is 133 Å². The Kier molecular flexibility index (Phi) is 4.43. The molecule has 1 aliphatic carbocycles. The van der Waals surface area contributed by atoms with Gasteiger partial charge in [0.1, 0.15) is 0 Å². The minimum Gasteiger partial charge on any atom is -0.334 e. The molecule has 0 radical (unpaired) electrons. The van der Waals surface area contributed by atoms with Gasteiger partial charge < -0.3 is 4.90 Å². The van der Waals surface area contributed by atoms with Gasteiger partial charge >= 0.3 is 0 Å². The Balaban J connectivity index is 1.98. The molecule has 0 saturated carbocycles. The third kappa shape index (κ3) is 3.14. The van der Waals surface area contributed by atoms with Gasteiger partial charge in [-0.05, 0) is 42.2 Å². The third-order valence-corrected chi connectivity index (χ3v) is 4.16. The molecule has 0 bridgehead atoms. The van der Waals surface area contributed by atoms with Crippen LogP contribution in [0.1, 0.15) is 31.7 Å². The maximum absolute atomic E-state index is 2.42. The lowest BCUT2D eigenvalue weighted by atomic mass is 10.0. The van der Waals surface area contributed by atoms with E-state index in [4.69, 9.17) is 0 Å². The quantitative estimate of drug-likeness (QED) is 0.684. The van der Waals surface area contributed by atoms with Crippen LogP contribution in [0.2, 0.25) is 0 Å². The smallest absolute Gasteiger partial charge is 0.0559 e. The van der Waals surface area contributed by atoms with Gasteiger partial charge in [-0.15, -0.1) is 0 Å². The summed E-state index contributed by atoms with van der Waals surface area (Å²) < 4.78 is 0. The molecule has 0 heterocycles. The van der Waals surface area contributed by atoms with Crippen molar-refractivity contribution in [2.24, 2.45) is 0 Å². The molecule has 22 heavy (non-hydrogen) atoms. The second kappa shape index (κ2) is 6.65. The van der Waals surface area contributed by atoms with E-state index in [0.29, 0.717) is 12.0 Å². The SMILES string of the molecule is CC(C)c1ccc(N(c2ccccc2)C2C=CC=CC2)cc1. The average Bonchev–Trinajstić information content (AvgIpc) is 2.57.